The predicted octanol–water partition coefficient (Wildman–Crippen LogP) is 3.53. The van der Waals surface area contributed by atoms with Crippen LogP contribution in [0.25, 0.3) is 0 Å². The maximum Gasteiger partial charge on any atom is 0.243 e. The van der Waals surface area contributed by atoms with Crippen LogP contribution in [0.4, 0.5) is 0 Å². The van der Waals surface area contributed by atoms with Crippen molar-refractivity contribution in [2.45, 2.75) is 17.9 Å². The van der Waals surface area contributed by atoms with Crippen molar-refractivity contribution >= 4 is 15.9 Å². The zero-order chi connectivity index (χ0) is 22.4. The van der Waals surface area contributed by atoms with E-state index in [1.807, 2.05) is 61.5 Å². The second-order valence-corrected chi connectivity index (χ2v) is 9.31. The Morgan fingerprint density at radius 3 is 2.23 bits per heavy atom. The number of benzene rings is 3. The molecular weight excluding hydrogens is 412 g/mol. The molecule has 0 heterocycles. The second kappa shape index (κ2) is 9.76. The van der Waals surface area contributed by atoms with E-state index in [2.05, 4.69) is 5.32 Å². The molecule has 0 aliphatic carbocycles. The topological polar surface area (TPSA) is 75.7 Å². The van der Waals surface area contributed by atoms with Crippen LogP contribution in [0.2, 0.25) is 0 Å². The highest BCUT2D eigenvalue weighted by atomic mass is 32.2. The fourth-order valence-corrected chi connectivity index (χ4v) is 4.40. The van der Waals surface area contributed by atoms with Crippen molar-refractivity contribution in [3.63, 3.8) is 0 Å². The Labute approximate surface area is 183 Å². The third-order valence-electron chi connectivity index (χ3n) is 4.95. The normalized spacial score (nSPS) is 12.4. The van der Waals surface area contributed by atoms with E-state index in [1.165, 1.54) is 26.3 Å². The molecule has 0 fully saturated rings. The van der Waals surface area contributed by atoms with Crippen molar-refractivity contribution in [2.24, 2.45) is 0 Å². The van der Waals surface area contributed by atoms with Crippen LogP contribution in [0.15, 0.2) is 83.8 Å². The highest BCUT2D eigenvalue weighted by Crippen LogP contribution is 2.23. The number of hydrogen-bond donors (Lipinski definition) is 1. The quantitative estimate of drug-likeness (QED) is 0.584. The molecule has 3 aromatic rings. The molecule has 1 N–H and O–H groups in total. The van der Waals surface area contributed by atoms with Crippen molar-refractivity contribution in [1.29, 1.82) is 0 Å². The molecule has 1 atom stereocenters. The summed E-state index contributed by atoms with van der Waals surface area (Å²) in [5.74, 6) is 0.165. The summed E-state index contributed by atoms with van der Waals surface area (Å²) in [5, 5.41) is 2.98. The van der Waals surface area contributed by atoms with Gasteiger partial charge in [0.15, 0.2) is 0 Å². The van der Waals surface area contributed by atoms with Gasteiger partial charge < -0.3 is 10.1 Å². The van der Waals surface area contributed by atoms with Crippen LogP contribution < -0.4 is 10.1 Å². The summed E-state index contributed by atoms with van der Waals surface area (Å²) in [6.45, 7) is 1.69. The van der Waals surface area contributed by atoms with Crippen molar-refractivity contribution in [1.82, 2.24) is 9.62 Å². The van der Waals surface area contributed by atoms with Gasteiger partial charge in [-0.05, 0) is 42.3 Å². The van der Waals surface area contributed by atoms with Crippen molar-refractivity contribution in [3.8, 4) is 5.75 Å². The van der Waals surface area contributed by atoms with Gasteiger partial charge >= 0.3 is 0 Å². The standard InChI is InChI=1S/C24H26N2O4S/c1-18-8-7-11-20(16-18)24(19-9-5-4-6-10-19)25-23(27)17-26(2)31(28,29)22-14-12-21(30-3)13-15-22/h4-16,24H,17H2,1-3H3,(H,25,27). The Morgan fingerprint density at radius 2 is 1.61 bits per heavy atom. The Balaban J connectivity index is 1.78. The summed E-state index contributed by atoms with van der Waals surface area (Å²) >= 11 is 0. The Morgan fingerprint density at radius 1 is 0.968 bits per heavy atom. The average molecular weight is 439 g/mol. The van der Waals surface area contributed by atoms with E-state index in [0.717, 1.165) is 21.0 Å². The first-order valence-electron chi connectivity index (χ1n) is 9.82. The minimum Gasteiger partial charge on any atom is -0.497 e. The number of aryl methyl sites for hydroxylation is 1. The van der Waals surface area contributed by atoms with E-state index in [4.69, 9.17) is 4.74 Å². The fourth-order valence-electron chi connectivity index (χ4n) is 3.28. The molecule has 162 valence electrons. The average Bonchev–Trinajstić information content (AvgIpc) is 2.78. The van der Waals surface area contributed by atoms with Gasteiger partial charge in [0.25, 0.3) is 0 Å². The third-order valence-corrected chi connectivity index (χ3v) is 6.77. The summed E-state index contributed by atoms with van der Waals surface area (Å²) in [5.41, 5.74) is 2.93. The van der Waals surface area contributed by atoms with E-state index in [0.29, 0.717) is 5.75 Å². The van der Waals surface area contributed by atoms with Crippen LogP contribution in [-0.2, 0) is 14.8 Å². The first-order chi connectivity index (χ1) is 14.8. The SMILES string of the molecule is COc1ccc(S(=O)(=O)N(C)CC(=O)NC(c2ccccc2)c2cccc(C)c2)cc1. The van der Waals surface area contributed by atoms with E-state index < -0.39 is 15.9 Å². The number of nitrogens with zero attached hydrogens (tertiary/aromatic N) is 1. The number of methoxy groups -OCH3 is 1. The fraction of sp³-hybridized carbons (Fsp3) is 0.208. The van der Waals surface area contributed by atoms with E-state index >= 15 is 0 Å². The lowest BCUT2D eigenvalue weighted by Crippen LogP contribution is -2.40. The summed E-state index contributed by atoms with van der Waals surface area (Å²) in [7, 11) is -0.910. The monoisotopic (exact) mass is 438 g/mol. The molecule has 0 bridgehead atoms. The van der Waals surface area contributed by atoms with Crippen LogP contribution in [-0.4, -0.2) is 39.3 Å². The highest BCUT2D eigenvalue weighted by molar-refractivity contribution is 7.89. The van der Waals surface area contributed by atoms with E-state index in [1.54, 1.807) is 12.1 Å². The number of rotatable bonds is 8. The third kappa shape index (κ3) is 5.51. The van der Waals surface area contributed by atoms with E-state index in [-0.39, 0.29) is 17.5 Å². The molecule has 7 heteroatoms. The maximum atomic E-state index is 12.8. The minimum absolute atomic E-state index is 0.0990. The Hall–Kier alpha value is -3.16. The molecule has 1 amide bonds. The summed E-state index contributed by atoms with van der Waals surface area (Å²) in [6.07, 6.45) is 0. The first-order valence-corrected chi connectivity index (χ1v) is 11.3. The van der Waals surface area contributed by atoms with Gasteiger partial charge in [-0.1, -0.05) is 60.2 Å². The number of carbonyl (C=O) groups excluding carboxylic acids is 1. The number of likely N-dealkylation sites (N-methyl/N-ethyl adjacent to an activating group) is 1. The van der Waals surface area contributed by atoms with Gasteiger partial charge in [-0.3, -0.25) is 4.79 Å². The number of carbonyl (C=O) groups is 1. The van der Waals surface area contributed by atoms with Gasteiger partial charge in [0.05, 0.1) is 24.6 Å². The zero-order valence-corrected chi connectivity index (χ0v) is 18.6. The number of nitrogens with one attached hydrogen (secondary N) is 1. The molecular formula is C24H26N2O4S. The molecule has 3 aromatic carbocycles. The van der Waals surface area contributed by atoms with Gasteiger partial charge in [-0.25, -0.2) is 8.42 Å². The van der Waals surface area contributed by atoms with Crippen LogP contribution in [0.3, 0.4) is 0 Å². The highest BCUT2D eigenvalue weighted by Gasteiger charge is 2.25. The van der Waals surface area contributed by atoms with Gasteiger partial charge in [0, 0.05) is 7.05 Å². The lowest BCUT2D eigenvalue weighted by atomic mass is 9.97. The Kier molecular flexibility index (Phi) is 7.09. The van der Waals surface area contributed by atoms with E-state index in [9.17, 15) is 13.2 Å². The first kappa shape index (κ1) is 22.5. The summed E-state index contributed by atoms with van der Waals surface area (Å²) < 4.78 is 31.8. The lowest BCUT2D eigenvalue weighted by molar-refractivity contribution is -0.121. The molecule has 0 aliphatic heterocycles. The van der Waals surface area contributed by atoms with Crippen LogP contribution in [0.1, 0.15) is 22.7 Å². The minimum atomic E-state index is -3.81. The lowest BCUT2D eigenvalue weighted by Gasteiger charge is -2.22. The van der Waals surface area contributed by atoms with Crippen LogP contribution >= 0.6 is 0 Å². The number of ether oxygens (including phenoxy) is 1. The van der Waals surface area contributed by atoms with Crippen molar-refractivity contribution in [3.05, 3.63) is 95.6 Å². The van der Waals surface area contributed by atoms with Crippen LogP contribution in [0.5, 0.6) is 5.75 Å². The molecule has 1 unspecified atom stereocenters. The molecule has 31 heavy (non-hydrogen) atoms. The smallest absolute Gasteiger partial charge is 0.243 e. The second-order valence-electron chi connectivity index (χ2n) is 7.26. The number of sulfonamides is 1. The predicted molar refractivity (Wildman–Crippen MR) is 120 cm³/mol. The molecule has 0 saturated carbocycles. The van der Waals surface area contributed by atoms with Crippen molar-refractivity contribution < 1.29 is 17.9 Å². The molecule has 0 spiro atoms. The van der Waals surface area contributed by atoms with Gasteiger partial charge in [0.1, 0.15) is 5.75 Å². The number of hydrogen-bond acceptors (Lipinski definition) is 4. The van der Waals surface area contributed by atoms with Gasteiger partial charge in [-0.2, -0.15) is 4.31 Å². The maximum absolute atomic E-state index is 12.8. The van der Waals surface area contributed by atoms with Gasteiger partial charge in [-0.15, -0.1) is 0 Å². The Bertz CT molecular complexity index is 1130. The molecule has 0 aliphatic rings. The largest absolute Gasteiger partial charge is 0.497 e. The molecule has 6 nitrogen and oxygen atoms in total. The molecule has 0 aromatic heterocycles. The van der Waals surface area contributed by atoms with Crippen LogP contribution in [0, 0.1) is 6.92 Å². The van der Waals surface area contributed by atoms with Crippen molar-refractivity contribution in [2.75, 3.05) is 20.7 Å². The number of amides is 1. The zero-order valence-electron chi connectivity index (χ0n) is 17.8. The summed E-state index contributed by atoms with van der Waals surface area (Å²) in [6, 6.07) is 23.2. The van der Waals surface area contributed by atoms with Gasteiger partial charge in [0.2, 0.25) is 15.9 Å². The summed E-state index contributed by atoms with van der Waals surface area (Å²) in [4.78, 5) is 12.9. The molecule has 0 saturated heterocycles. The molecule has 0 radical (unpaired) electrons. The molecule has 3 rings (SSSR count).